The molecule has 0 saturated heterocycles. The van der Waals surface area contributed by atoms with Gasteiger partial charge in [-0.2, -0.15) is 4.98 Å². The molecular formula is C11H8FN5. The number of anilines is 1. The first kappa shape index (κ1) is 9.71. The van der Waals surface area contributed by atoms with E-state index >= 15 is 0 Å². The number of rotatable bonds is 1. The number of hydrogen-bond donors (Lipinski definition) is 1. The van der Waals surface area contributed by atoms with Gasteiger partial charge in [-0.3, -0.25) is 4.57 Å². The van der Waals surface area contributed by atoms with Gasteiger partial charge >= 0.3 is 0 Å². The van der Waals surface area contributed by atoms with E-state index in [0.717, 1.165) is 17.2 Å². The Kier molecular flexibility index (Phi) is 2.01. The molecule has 0 bridgehead atoms. The number of para-hydroxylation sites is 2. The summed E-state index contributed by atoms with van der Waals surface area (Å²) in [6.07, 6.45) is 2.56. The Labute approximate surface area is 95.8 Å². The lowest BCUT2D eigenvalue weighted by Crippen LogP contribution is -2.04. The van der Waals surface area contributed by atoms with Gasteiger partial charge in [0.1, 0.15) is 6.33 Å². The van der Waals surface area contributed by atoms with Crippen LogP contribution in [-0.4, -0.2) is 19.5 Å². The van der Waals surface area contributed by atoms with Gasteiger partial charge in [0.2, 0.25) is 5.95 Å². The summed E-state index contributed by atoms with van der Waals surface area (Å²) >= 11 is 0. The van der Waals surface area contributed by atoms with E-state index in [9.17, 15) is 4.39 Å². The zero-order chi connectivity index (χ0) is 11.8. The molecule has 0 aliphatic rings. The van der Waals surface area contributed by atoms with E-state index in [-0.39, 0.29) is 11.8 Å². The SMILES string of the molecule is Nc1ncc(F)c(-n2cnc3ccccc32)n1. The van der Waals surface area contributed by atoms with E-state index in [2.05, 4.69) is 15.0 Å². The maximum Gasteiger partial charge on any atom is 0.222 e. The molecule has 0 fully saturated rings. The third-order valence-corrected chi connectivity index (χ3v) is 2.43. The van der Waals surface area contributed by atoms with Crippen molar-refractivity contribution in [3.05, 3.63) is 42.6 Å². The topological polar surface area (TPSA) is 69.6 Å². The van der Waals surface area contributed by atoms with Gasteiger partial charge in [0, 0.05) is 0 Å². The molecule has 84 valence electrons. The average molecular weight is 229 g/mol. The van der Waals surface area contributed by atoms with Crippen LogP contribution in [0.1, 0.15) is 0 Å². The molecule has 0 atom stereocenters. The van der Waals surface area contributed by atoms with Gasteiger partial charge in [-0.1, -0.05) is 12.1 Å². The summed E-state index contributed by atoms with van der Waals surface area (Å²) in [4.78, 5) is 11.6. The Morgan fingerprint density at radius 2 is 2.00 bits per heavy atom. The Hall–Kier alpha value is -2.50. The summed E-state index contributed by atoms with van der Waals surface area (Å²) < 4.78 is 15.2. The van der Waals surface area contributed by atoms with Crippen LogP contribution in [-0.2, 0) is 0 Å². The van der Waals surface area contributed by atoms with Gasteiger partial charge in [-0.25, -0.2) is 14.4 Å². The number of nitrogens with zero attached hydrogens (tertiary/aromatic N) is 4. The van der Waals surface area contributed by atoms with Crippen molar-refractivity contribution in [2.75, 3.05) is 5.73 Å². The number of nitrogen functional groups attached to an aromatic ring is 1. The predicted octanol–water partition coefficient (Wildman–Crippen LogP) is 1.54. The lowest BCUT2D eigenvalue weighted by Gasteiger charge is -2.04. The van der Waals surface area contributed by atoms with Gasteiger partial charge in [0.15, 0.2) is 11.6 Å². The molecular weight excluding hydrogens is 221 g/mol. The minimum Gasteiger partial charge on any atom is -0.368 e. The molecule has 3 rings (SSSR count). The number of halogens is 1. The van der Waals surface area contributed by atoms with E-state index in [1.54, 1.807) is 4.57 Å². The van der Waals surface area contributed by atoms with Crippen molar-refractivity contribution >= 4 is 17.0 Å². The molecule has 0 radical (unpaired) electrons. The number of aromatic nitrogens is 4. The van der Waals surface area contributed by atoms with Crippen molar-refractivity contribution in [2.45, 2.75) is 0 Å². The van der Waals surface area contributed by atoms with Crippen molar-refractivity contribution in [3.8, 4) is 5.82 Å². The first-order chi connectivity index (χ1) is 8.25. The first-order valence-corrected chi connectivity index (χ1v) is 4.96. The molecule has 5 nitrogen and oxygen atoms in total. The number of nitrogens with two attached hydrogens (primary N) is 1. The van der Waals surface area contributed by atoms with Crippen LogP contribution in [0, 0.1) is 5.82 Å². The Bertz CT molecular complexity index is 691. The predicted molar refractivity (Wildman–Crippen MR) is 61.0 cm³/mol. The second-order valence-electron chi connectivity index (χ2n) is 3.50. The van der Waals surface area contributed by atoms with Crippen LogP contribution in [0.2, 0.25) is 0 Å². The molecule has 1 aromatic carbocycles. The number of fused-ring (bicyclic) bond motifs is 1. The fourth-order valence-corrected chi connectivity index (χ4v) is 1.67. The van der Waals surface area contributed by atoms with Crippen LogP contribution in [0.3, 0.4) is 0 Å². The van der Waals surface area contributed by atoms with Crippen LogP contribution in [0.25, 0.3) is 16.9 Å². The van der Waals surface area contributed by atoms with Crippen LogP contribution >= 0.6 is 0 Å². The van der Waals surface area contributed by atoms with Crippen molar-refractivity contribution in [2.24, 2.45) is 0 Å². The Morgan fingerprint density at radius 3 is 2.88 bits per heavy atom. The van der Waals surface area contributed by atoms with Gasteiger partial charge in [0.05, 0.1) is 17.2 Å². The van der Waals surface area contributed by atoms with E-state index in [0.29, 0.717) is 0 Å². The highest BCUT2D eigenvalue weighted by Gasteiger charge is 2.10. The van der Waals surface area contributed by atoms with Crippen molar-refractivity contribution in [3.63, 3.8) is 0 Å². The summed E-state index contributed by atoms with van der Waals surface area (Å²) in [6.45, 7) is 0. The molecule has 17 heavy (non-hydrogen) atoms. The lowest BCUT2D eigenvalue weighted by molar-refractivity contribution is 0.604. The number of imidazole rings is 1. The summed E-state index contributed by atoms with van der Waals surface area (Å²) in [7, 11) is 0. The van der Waals surface area contributed by atoms with Crippen molar-refractivity contribution < 1.29 is 4.39 Å². The molecule has 0 spiro atoms. The highest BCUT2D eigenvalue weighted by Crippen LogP contribution is 2.18. The standard InChI is InChI=1S/C11H8FN5/c12-7-5-14-11(13)16-10(7)17-6-15-8-3-1-2-4-9(8)17/h1-6H,(H2,13,14,16). The third kappa shape index (κ3) is 1.50. The minimum absolute atomic E-state index is 0.0270. The molecule has 0 saturated carbocycles. The molecule has 2 heterocycles. The van der Waals surface area contributed by atoms with Gasteiger partial charge in [0.25, 0.3) is 0 Å². The minimum atomic E-state index is -0.539. The lowest BCUT2D eigenvalue weighted by atomic mass is 10.3. The number of hydrogen-bond acceptors (Lipinski definition) is 4. The smallest absolute Gasteiger partial charge is 0.222 e. The van der Waals surface area contributed by atoms with Crippen LogP contribution in [0.5, 0.6) is 0 Å². The molecule has 0 aliphatic heterocycles. The fourth-order valence-electron chi connectivity index (χ4n) is 1.67. The molecule has 0 amide bonds. The molecule has 6 heteroatoms. The zero-order valence-corrected chi connectivity index (χ0v) is 8.71. The van der Waals surface area contributed by atoms with E-state index in [4.69, 9.17) is 5.73 Å². The highest BCUT2D eigenvalue weighted by atomic mass is 19.1. The summed E-state index contributed by atoms with van der Waals surface area (Å²) in [5, 5.41) is 0. The average Bonchev–Trinajstić information content (AvgIpc) is 2.76. The summed E-state index contributed by atoms with van der Waals surface area (Å²) in [6, 6.07) is 7.39. The maximum atomic E-state index is 13.6. The van der Waals surface area contributed by atoms with Gasteiger partial charge in [-0.15, -0.1) is 0 Å². The highest BCUT2D eigenvalue weighted by molar-refractivity contribution is 5.76. The number of benzene rings is 1. The second kappa shape index (κ2) is 3.51. The molecule has 0 unspecified atom stereocenters. The van der Waals surface area contributed by atoms with Crippen molar-refractivity contribution in [1.29, 1.82) is 0 Å². The third-order valence-electron chi connectivity index (χ3n) is 2.43. The fraction of sp³-hybridized carbons (Fsp3) is 0. The maximum absolute atomic E-state index is 13.6. The Balaban J connectivity index is 2.31. The molecule has 3 aromatic rings. The van der Waals surface area contributed by atoms with Crippen LogP contribution in [0.15, 0.2) is 36.8 Å². The zero-order valence-electron chi connectivity index (χ0n) is 8.71. The first-order valence-electron chi connectivity index (χ1n) is 4.96. The van der Waals surface area contributed by atoms with E-state index in [1.165, 1.54) is 6.33 Å². The van der Waals surface area contributed by atoms with E-state index in [1.807, 2.05) is 24.3 Å². The normalized spacial score (nSPS) is 10.9. The largest absolute Gasteiger partial charge is 0.368 e. The summed E-state index contributed by atoms with van der Waals surface area (Å²) in [5.74, 6) is -0.410. The Morgan fingerprint density at radius 1 is 1.18 bits per heavy atom. The molecule has 2 N–H and O–H groups in total. The molecule has 2 aromatic heterocycles. The van der Waals surface area contributed by atoms with Gasteiger partial charge < -0.3 is 5.73 Å². The monoisotopic (exact) mass is 229 g/mol. The summed E-state index contributed by atoms with van der Waals surface area (Å²) in [5.41, 5.74) is 6.99. The van der Waals surface area contributed by atoms with Crippen LogP contribution in [0.4, 0.5) is 10.3 Å². The second-order valence-corrected chi connectivity index (χ2v) is 3.50. The van der Waals surface area contributed by atoms with Crippen molar-refractivity contribution in [1.82, 2.24) is 19.5 Å². The van der Waals surface area contributed by atoms with Gasteiger partial charge in [-0.05, 0) is 12.1 Å². The van der Waals surface area contributed by atoms with Crippen LogP contribution < -0.4 is 5.73 Å². The molecule has 0 aliphatic carbocycles. The van der Waals surface area contributed by atoms with E-state index < -0.39 is 5.82 Å². The quantitative estimate of drug-likeness (QED) is 0.687.